The van der Waals surface area contributed by atoms with Gasteiger partial charge >= 0.3 is 15.5 Å². The molecule has 1 N–H and O–H groups in total. The van der Waals surface area contributed by atoms with Crippen LogP contribution < -0.4 is 5.32 Å². The van der Waals surface area contributed by atoms with Crippen LogP contribution in [0.25, 0.3) is 10.2 Å². The number of hydrogen-bond acceptors (Lipinski definition) is 6. The lowest BCUT2D eigenvalue weighted by Crippen LogP contribution is -2.45. The van der Waals surface area contributed by atoms with E-state index in [2.05, 4.69) is 22.2 Å². The second kappa shape index (κ2) is 7.28. The Labute approximate surface area is 153 Å². The van der Waals surface area contributed by atoms with Crippen LogP contribution in [0.15, 0.2) is 12.4 Å². The van der Waals surface area contributed by atoms with E-state index >= 15 is 0 Å². The summed E-state index contributed by atoms with van der Waals surface area (Å²) in [5.41, 5.74) is -5.24. The minimum Gasteiger partial charge on any atom is -0.369 e. The molecule has 0 spiro atoms. The van der Waals surface area contributed by atoms with Gasteiger partial charge in [0, 0.05) is 24.5 Å². The predicted molar refractivity (Wildman–Crippen MR) is 94.6 cm³/mol. The summed E-state index contributed by atoms with van der Waals surface area (Å²) in [6.45, 7) is 2.36. The van der Waals surface area contributed by atoms with Crippen molar-refractivity contribution in [2.45, 2.75) is 31.7 Å². The first kappa shape index (κ1) is 19.3. The summed E-state index contributed by atoms with van der Waals surface area (Å²) in [5, 5.41) is 4.18. The van der Waals surface area contributed by atoms with Crippen molar-refractivity contribution in [3.63, 3.8) is 0 Å². The van der Waals surface area contributed by atoms with E-state index in [-0.39, 0.29) is 19.0 Å². The van der Waals surface area contributed by atoms with Crippen molar-refractivity contribution in [1.82, 2.24) is 14.3 Å². The van der Waals surface area contributed by atoms with E-state index in [1.165, 1.54) is 11.2 Å². The zero-order valence-corrected chi connectivity index (χ0v) is 15.7. The van der Waals surface area contributed by atoms with E-state index in [4.69, 9.17) is 0 Å². The SMILES string of the molecule is CCc1cc2c(NCC3CCN(S(=O)(=O)C(F)(F)F)CC3)ncnc2s1. The van der Waals surface area contributed by atoms with Crippen LogP contribution in [0.4, 0.5) is 19.0 Å². The fourth-order valence-electron chi connectivity index (χ4n) is 2.96. The Hall–Kier alpha value is -1.46. The maximum atomic E-state index is 12.6. The van der Waals surface area contributed by atoms with Crippen molar-refractivity contribution >= 4 is 37.4 Å². The molecule has 6 nitrogen and oxygen atoms in total. The highest BCUT2D eigenvalue weighted by Crippen LogP contribution is 2.31. The standard InChI is InChI=1S/C15H19F3N4O2S2/c1-2-11-7-12-13(20-9-21-14(12)25-11)19-8-10-3-5-22(6-4-10)26(23,24)15(16,17)18/h7,9-10H,2-6,8H2,1H3,(H,19,20,21). The number of aryl methyl sites for hydroxylation is 1. The van der Waals surface area contributed by atoms with Gasteiger partial charge in [0.1, 0.15) is 17.0 Å². The van der Waals surface area contributed by atoms with E-state index in [0.717, 1.165) is 16.6 Å². The quantitative estimate of drug-likeness (QED) is 0.822. The first-order valence-electron chi connectivity index (χ1n) is 8.26. The summed E-state index contributed by atoms with van der Waals surface area (Å²) >= 11 is 1.61. The van der Waals surface area contributed by atoms with Crippen LogP contribution in [-0.2, 0) is 16.4 Å². The molecule has 0 saturated carbocycles. The van der Waals surface area contributed by atoms with Crippen molar-refractivity contribution in [3.8, 4) is 0 Å². The molecule has 0 atom stereocenters. The van der Waals surface area contributed by atoms with Gasteiger partial charge in [-0.1, -0.05) is 6.92 Å². The van der Waals surface area contributed by atoms with Crippen molar-refractivity contribution in [1.29, 1.82) is 0 Å². The van der Waals surface area contributed by atoms with Gasteiger partial charge in [0.2, 0.25) is 0 Å². The molecule has 1 fully saturated rings. The molecule has 1 aliphatic rings. The van der Waals surface area contributed by atoms with Crippen molar-refractivity contribution in [3.05, 3.63) is 17.3 Å². The normalized spacial score (nSPS) is 17.7. The molecule has 0 radical (unpaired) electrons. The summed E-state index contributed by atoms with van der Waals surface area (Å²) in [6, 6.07) is 2.04. The van der Waals surface area contributed by atoms with E-state index in [1.807, 2.05) is 6.07 Å². The molecule has 0 aliphatic carbocycles. The van der Waals surface area contributed by atoms with Gasteiger partial charge < -0.3 is 5.32 Å². The van der Waals surface area contributed by atoms with Crippen molar-refractivity contribution in [2.24, 2.45) is 5.92 Å². The summed E-state index contributed by atoms with van der Waals surface area (Å²) in [7, 11) is -5.23. The Balaban J connectivity index is 1.60. The van der Waals surface area contributed by atoms with Crippen molar-refractivity contribution in [2.75, 3.05) is 25.0 Å². The van der Waals surface area contributed by atoms with Gasteiger partial charge in [-0.3, -0.25) is 0 Å². The largest absolute Gasteiger partial charge is 0.511 e. The number of piperidine rings is 1. The number of fused-ring (bicyclic) bond motifs is 1. The molecule has 0 aromatic carbocycles. The molecule has 144 valence electrons. The zero-order chi connectivity index (χ0) is 18.9. The Morgan fingerprint density at radius 1 is 1.31 bits per heavy atom. The van der Waals surface area contributed by atoms with Crippen LogP contribution in [0, 0.1) is 5.92 Å². The predicted octanol–water partition coefficient (Wildman–Crippen LogP) is 3.23. The maximum absolute atomic E-state index is 12.6. The molecular weight excluding hydrogens is 389 g/mol. The van der Waals surface area contributed by atoms with Crippen LogP contribution in [-0.4, -0.2) is 47.8 Å². The van der Waals surface area contributed by atoms with Crippen LogP contribution >= 0.6 is 11.3 Å². The van der Waals surface area contributed by atoms with Crippen LogP contribution in [0.1, 0.15) is 24.6 Å². The highest BCUT2D eigenvalue weighted by atomic mass is 32.2. The molecule has 3 heterocycles. The molecule has 26 heavy (non-hydrogen) atoms. The molecule has 2 aromatic rings. The molecule has 1 aliphatic heterocycles. The summed E-state index contributed by atoms with van der Waals surface area (Å²) in [6.07, 6.45) is 3.15. The zero-order valence-electron chi connectivity index (χ0n) is 14.1. The van der Waals surface area contributed by atoms with Gasteiger partial charge in [-0.15, -0.1) is 11.3 Å². The number of nitrogens with one attached hydrogen (secondary N) is 1. The third-order valence-corrected chi connectivity index (χ3v) is 7.31. The summed E-state index contributed by atoms with van der Waals surface area (Å²) in [5.74, 6) is 0.792. The number of alkyl halides is 3. The third kappa shape index (κ3) is 3.79. The van der Waals surface area contributed by atoms with E-state index < -0.39 is 15.5 Å². The number of nitrogens with zero attached hydrogens (tertiary/aromatic N) is 3. The molecule has 0 unspecified atom stereocenters. The third-order valence-electron chi connectivity index (χ3n) is 4.49. The molecule has 0 amide bonds. The minimum atomic E-state index is -5.24. The van der Waals surface area contributed by atoms with E-state index in [9.17, 15) is 21.6 Å². The fraction of sp³-hybridized carbons (Fsp3) is 0.600. The second-order valence-electron chi connectivity index (χ2n) is 6.18. The lowest BCUT2D eigenvalue weighted by molar-refractivity contribution is -0.0496. The number of halogens is 3. The number of rotatable bonds is 5. The number of hydrogen-bond donors (Lipinski definition) is 1. The van der Waals surface area contributed by atoms with Crippen molar-refractivity contribution < 1.29 is 21.6 Å². The monoisotopic (exact) mass is 408 g/mol. The van der Waals surface area contributed by atoms with Crippen LogP contribution in [0.3, 0.4) is 0 Å². The molecule has 0 bridgehead atoms. The smallest absolute Gasteiger partial charge is 0.369 e. The van der Waals surface area contributed by atoms with Gasteiger partial charge in [-0.2, -0.15) is 17.5 Å². The highest BCUT2D eigenvalue weighted by molar-refractivity contribution is 7.90. The number of aromatic nitrogens is 2. The molecule has 1 saturated heterocycles. The lowest BCUT2D eigenvalue weighted by Gasteiger charge is -2.31. The summed E-state index contributed by atoms with van der Waals surface area (Å²) < 4.78 is 61.2. The highest BCUT2D eigenvalue weighted by Gasteiger charge is 2.50. The average molecular weight is 408 g/mol. The molecular formula is C15H19F3N4O2S2. The maximum Gasteiger partial charge on any atom is 0.511 e. The number of anilines is 1. The number of thiophene rings is 1. The Morgan fingerprint density at radius 3 is 2.62 bits per heavy atom. The molecule has 2 aromatic heterocycles. The van der Waals surface area contributed by atoms with Crippen LogP contribution in [0.2, 0.25) is 0 Å². The number of sulfonamides is 1. The molecule has 3 rings (SSSR count). The first-order chi connectivity index (χ1) is 12.2. The topological polar surface area (TPSA) is 75.2 Å². The average Bonchev–Trinajstić information content (AvgIpc) is 3.03. The minimum absolute atomic E-state index is 0.0870. The summed E-state index contributed by atoms with van der Waals surface area (Å²) in [4.78, 5) is 10.6. The lowest BCUT2D eigenvalue weighted by atomic mass is 9.98. The van der Waals surface area contributed by atoms with Gasteiger partial charge in [0.15, 0.2) is 0 Å². The Bertz CT molecular complexity index is 875. The van der Waals surface area contributed by atoms with E-state index in [0.29, 0.717) is 29.5 Å². The first-order valence-corrected chi connectivity index (χ1v) is 10.5. The Kier molecular flexibility index (Phi) is 5.40. The second-order valence-corrected chi connectivity index (χ2v) is 9.23. The van der Waals surface area contributed by atoms with Crippen LogP contribution in [0.5, 0.6) is 0 Å². The van der Waals surface area contributed by atoms with Gasteiger partial charge in [0.25, 0.3) is 0 Å². The Morgan fingerprint density at radius 2 is 2.00 bits per heavy atom. The van der Waals surface area contributed by atoms with Gasteiger partial charge in [-0.25, -0.2) is 18.4 Å². The van der Waals surface area contributed by atoms with Gasteiger partial charge in [0.05, 0.1) is 5.39 Å². The molecule has 11 heteroatoms. The van der Waals surface area contributed by atoms with E-state index in [1.54, 1.807) is 11.3 Å². The fourth-order valence-corrected chi connectivity index (χ4v) is 4.88. The van der Waals surface area contributed by atoms with Gasteiger partial charge in [-0.05, 0) is 31.2 Å².